The number of carbonyl (C=O) groups is 3. The summed E-state index contributed by atoms with van der Waals surface area (Å²) in [7, 11) is 0. The summed E-state index contributed by atoms with van der Waals surface area (Å²) in [4.78, 5) is 38.2. The van der Waals surface area contributed by atoms with Crippen molar-refractivity contribution in [3.05, 3.63) is 146 Å². The number of unbranched alkanes of at least 4 members (excludes halogenated alkanes) is 16. The number of hydrogen-bond donors (Lipinski definition) is 0. The summed E-state index contributed by atoms with van der Waals surface area (Å²) in [5, 5.41) is 0. The average molecular weight is 1010 g/mol. The Kier molecular flexibility index (Phi) is 56.0. The van der Waals surface area contributed by atoms with Crippen LogP contribution in [-0.2, 0) is 28.6 Å². The zero-order valence-electron chi connectivity index (χ0n) is 46.8. The molecule has 0 rings (SSSR count). The van der Waals surface area contributed by atoms with Crippen LogP contribution in [0.5, 0.6) is 0 Å². The molecule has 0 fully saturated rings. The van der Waals surface area contributed by atoms with E-state index in [2.05, 4.69) is 154 Å². The number of hydrogen-bond acceptors (Lipinski definition) is 6. The van der Waals surface area contributed by atoms with Crippen LogP contribution in [0.3, 0.4) is 0 Å². The SMILES string of the molecule is CC/C=C\C/C=C\C/C=C\C/C=C\C/C=C\C/C=C\CCC(=O)O[C@@H](COC(=O)CCC/C=C\C/C=C\C/C=C\C/C=C\CCCCC)COC(=O)CCCCCCCCCCC/C=C\C/C=C\CCCCC. The van der Waals surface area contributed by atoms with Crippen LogP contribution in [0.15, 0.2) is 146 Å². The topological polar surface area (TPSA) is 78.9 Å². The van der Waals surface area contributed by atoms with Gasteiger partial charge in [-0.3, -0.25) is 14.4 Å². The smallest absolute Gasteiger partial charge is 0.306 e. The third-order valence-electron chi connectivity index (χ3n) is 11.8. The van der Waals surface area contributed by atoms with E-state index in [0.29, 0.717) is 19.3 Å². The molecule has 0 saturated heterocycles. The van der Waals surface area contributed by atoms with Gasteiger partial charge in [0.2, 0.25) is 0 Å². The van der Waals surface area contributed by atoms with Crippen molar-refractivity contribution in [1.29, 1.82) is 0 Å². The predicted molar refractivity (Wildman–Crippen MR) is 315 cm³/mol. The van der Waals surface area contributed by atoms with Crippen LogP contribution in [-0.4, -0.2) is 37.2 Å². The average Bonchev–Trinajstić information content (AvgIpc) is 3.39. The second kappa shape index (κ2) is 59.8. The van der Waals surface area contributed by atoms with Gasteiger partial charge in [0.05, 0.1) is 0 Å². The van der Waals surface area contributed by atoms with Crippen molar-refractivity contribution in [1.82, 2.24) is 0 Å². The van der Waals surface area contributed by atoms with Crippen LogP contribution in [0.25, 0.3) is 0 Å². The first-order chi connectivity index (χ1) is 36.0. The van der Waals surface area contributed by atoms with E-state index in [-0.39, 0.29) is 38.0 Å². The Morgan fingerprint density at radius 3 is 0.945 bits per heavy atom. The number of allylic oxidation sites excluding steroid dienone is 24. The number of carbonyl (C=O) groups excluding carboxylic acids is 3. The summed E-state index contributed by atoms with van der Waals surface area (Å²) in [6, 6.07) is 0. The summed E-state index contributed by atoms with van der Waals surface area (Å²) < 4.78 is 16.7. The minimum atomic E-state index is -0.850. The van der Waals surface area contributed by atoms with Gasteiger partial charge in [-0.05, 0) is 128 Å². The molecule has 0 amide bonds. The van der Waals surface area contributed by atoms with E-state index in [0.717, 1.165) is 89.9 Å². The van der Waals surface area contributed by atoms with Crippen LogP contribution in [0, 0.1) is 0 Å². The second-order valence-corrected chi connectivity index (χ2v) is 18.8. The Bertz CT molecular complexity index is 1630. The highest BCUT2D eigenvalue weighted by molar-refractivity contribution is 5.71. The summed E-state index contributed by atoms with van der Waals surface area (Å²) in [6.07, 6.45) is 85.7. The first-order valence-corrected chi connectivity index (χ1v) is 29.3. The van der Waals surface area contributed by atoms with Gasteiger partial charge in [0.1, 0.15) is 13.2 Å². The van der Waals surface area contributed by atoms with Gasteiger partial charge in [-0.25, -0.2) is 0 Å². The maximum absolute atomic E-state index is 12.8. The Hall–Kier alpha value is -4.71. The van der Waals surface area contributed by atoms with Crippen LogP contribution in [0.2, 0.25) is 0 Å². The van der Waals surface area contributed by atoms with Crippen LogP contribution in [0.1, 0.15) is 239 Å². The highest BCUT2D eigenvalue weighted by Gasteiger charge is 2.19. The van der Waals surface area contributed by atoms with E-state index in [9.17, 15) is 14.4 Å². The van der Waals surface area contributed by atoms with E-state index in [4.69, 9.17) is 14.2 Å². The maximum atomic E-state index is 12.8. The molecule has 6 heteroatoms. The largest absolute Gasteiger partial charge is 0.462 e. The van der Waals surface area contributed by atoms with Crippen LogP contribution in [0.4, 0.5) is 0 Å². The monoisotopic (exact) mass is 1010 g/mol. The maximum Gasteiger partial charge on any atom is 0.306 e. The van der Waals surface area contributed by atoms with Gasteiger partial charge in [0.25, 0.3) is 0 Å². The van der Waals surface area contributed by atoms with Gasteiger partial charge in [-0.2, -0.15) is 0 Å². The fourth-order valence-electron chi connectivity index (χ4n) is 7.43. The first-order valence-electron chi connectivity index (χ1n) is 29.3. The lowest BCUT2D eigenvalue weighted by atomic mass is 10.1. The van der Waals surface area contributed by atoms with Crippen LogP contribution >= 0.6 is 0 Å². The minimum Gasteiger partial charge on any atom is -0.462 e. The van der Waals surface area contributed by atoms with Gasteiger partial charge in [0.15, 0.2) is 6.10 Å². The highest BCUT2D eigenvalue weighted by Crippen LogP contribution is 2.13. The molecule has 0 aliphatic rings. The molecule has 0 radical (unpaired) electrons. The molecule has 0 N–H and O–H groups in total. The molecule has 1 atom stereocenters. The lowest BCUT2D eigenvalue weighted by Crippen LogP contribution is -2.30. The molecule has 6 nitrogen and oxygen atoms in total. The van der Waals surface area contributed by atoms with Gasteiger partial charge in [-0.15, -0.1) is 0 Å². The fourth-order valence-corrected chi connectivity index (χ4v) is 7.43. The number of esters is 3. The van der Waals surface area contributed by atoms with Crippen molar-refractivity contribution < 1.29 is 28.6 Å². The van der Waals surface area contributed by atoms with E-state index in [1.54, 1.807) is 0 Å². The summed E-state index contributed by atoms with van der Waals surface area (Å²) in [6.45, 7) is 6.35. The molecule has 0 aromatic heterocycles. The van der Waals surface area contributed by atoms with Crippen molar-refractivity contribution in [2.45, 2.75) is 245 Å². The Balaban J connectivity index is 4.61. The lowest BCUT2D eigenvalue weighted by molar-refractivity contribution is -0.166. The molecule has 0 saturated carbocycles. The molecule has 0 aliphatic carbocycles. The summed E-state index contributed by atoms with van der Waals surface area (Å²) >= 11 is 0. The second-order valence-electron chi connectivity index (χ2n) is 18.8. The summed E-state index contributed by atoms with van der Waals surface area (Å²) in [5.74, 6) is -1.09. The molecule has 0 spiro atoms. The van der Waals surface area contributed by atoms with Gasteiger partial charge < -0.3 is 14.2 Å². The van der Waals surface area contributed by atoms with Crippen molar-refractivity contribution in [3.63, 3.8) is 0 Å². The van der Waals surface area contributed by atoms with Crippen molar-refractivity contribution in [3.8, 4) is 0 Å². The Labute approximate surface area is 448 Å². The standard InChI is InChI=1S/C67H106O6/c1-4-7-10-13-16-19-22-25-28-31-33-36-39-42-45-48-51-54-57-60-66(69)72-63-64(62-71-65(68)59-56-53-50-47-44-41-38-35-30-27-24-21-18-15-12-9-6-3)73-67(70)61-58-55-52-49-46-43-40-37-34-32-29-26-23-20-17-14-11-8-5-2/h8,11,16-21,25-30,34,37-38,41,43,46-47,50,52,55,64H,4-7,9-10,12-15,22-24,31-33,35-36,39-40,42,44-45,48-49,51,53-54,56-63H2,1-3H3/b11-8-,19-16-,20-17-,21-18-,28-25-,29-26-,30-27-,37-34-,41-38-,46-43-,50-47-,55-52-/t64-/m0/s1. The Morgan fingerprint density at radius 2 is 0.575 bits per heavy atom. The third kappa shape index (κ3) is 58.1. The molecule has 0 heterocycles. The quantitative estimate of drug-likeness (QED) is 0.0261. The zero-order chi connectivity index (χ0) is 52.9. The van der Waals surface area contributed by atoms with Gasteiger partial charge in [0, 0.05) is 19.3 Å². The molecule has 410 valence electrons. The van der Waals surface area contributed by atoms with E-state index >= 15 is 0 Å². The zero-order valence-corrected chi connectivity index (χ0v) is 46.8. The lowest BCUT2D eigenvalue weighted by Gasteiger charge is -2.18. The fraction of sp³-hybridized carbons (Fsp3) is 0.597. The van der Waals surface area contributed by atoms with E-state index < -0.39 is 12.1 Å². The molecule has 0 unspecified atom stereocenters. The summed E-state index contributed by atoms with van der Waals surface area (Å²) in [5.41, 5.74) is 0. The van der Waals surface area contributed by atoms with E-state index in [1.165, 1.54) is 96.3 Å². The van der Waals surface area contributed by atoms with Gasteiger partial charge in [-0.1, -0.05) is 237 Å². The molecular weight excluding hydrogens is 901 g/mol. The molecular formula is C67H106O6. The number of rotatable bonds is 51. The predicted octanol–water partition coefficient (Wildman–Crippen LogP) is 20.0. The highest BCUT2D eigenvalue weighted by atomic mass is 16.6. The third-order valence-corrected chi connectivity index (χ3v) is 11.8. The normalized spacial score (nSPS) is 13.2. The van der Waals surface area contributed by atoms with Crippen molar-refractivity contribution in [2.24, 2.45) is 0 Å². The van der Waals surface area contributed by atoms with Crippen molar-refractivity contribution in [2.75, 3.05) is 13.2 Å². The van der Waals surface area contributed by atoms with Crippen LogP contribution < -0.4 is 0 Å². The minimum absolute atomic E-state index is 0.133. The van der Waals surface area contributed by atoms with Crippen molar-refractivity contribution >= 4 is 17.9 Å². The van der Waals surface area contributed by atoms with Gasteiger partial charge >= 0.3 is 17.9 Å². The Morgan fingerprint density at radius 1 is 0.288 bits per heavy atom. The molecule has 73 heavy (non-hydrogen) atoms. The molecule has 0 bridgehead atoms. The molecule has 0 aromatic carbocycles. The first kappa shape index (κ1) is 68.3. The molecule has 0 aromatic rings. The molecule has 0 aliphatic heterocycles. The number of ether oxygens (including phenoxy) is 3. The van der Waals surface area contributed by atoms with E-state index in [1.807, 2.05) is 12.2 Å².